The highest BCUT2D eigenvalue weighted by molar-refractivity contribution is 5.76. The van der Waals surface area contributed by atoms with Crippen LogP contribution in [0.4, 0.5) is 0 Å². The highest BCUT2D eigenvalue weighted by atomic mass is 16.5. The molecule has 2 atom stereocenters. The number of carbonyl (C=O) groups is 2. The van der Waals surface area contributed by atoms with E-state index in [1.165, 1.54) is 340 Å². The summed E-state index contributed by atoms with van der Waals surface area (Å²) in [6.45, 7) is 4.94. The first-order chi connectivity index (χ1) is 39.5. The lowest BCUT2D eigenvalue weighted by atomic mass is 10.0. The third-order valence-corrected chi connectivity index (χ3v) is 17.2. The third kappa shape index (κ3) is 65.5. The summed E-state index contributed by atoms with van der Waals surface area (Å²) in [5.41, 5.74) is 0. The number of amides is 1. The summed E-state index contributed by atoms with van der Waals surface area (Å²) >= 11 is 0. The molecule has 0 aliphatic rings. The monoisotopic (exact) mass is 1130 g/mol. The van der Waals surface area contributed by atoms with Crippen molar-refractivity contribution in [2.45, 2.75) is 424 Å². The summed E-state index contributed by atoms with van der Waals surface area (Å²) in [6.07, 6.45) is 88.4. The molecule has 0 saturated heterocycles. The second kappa shape index (κ2) is 69.8. The van der Waals surface area contributed by atoms with E-state index in [1.807, 2.05) is 6.08 Å². The van der Waals surface area contributed by atoms with Crippen LogP contribution >= 0.6 is 0 Å². The molecule has 2 unspecified atom stereocenters. The van der Waals surface area contributed by atoms with Crippen LogP contribution in [0.2, 0.25) is 0 Å². The number of hydrogen-bond acceptors (Lipinski definition) is 5. The zero-order chi connectivity index (χ0) is 57.8. The van der Waals surface area contributed by atoms with E-state index in [4.69, 9.17) is 4.74 Å². The number of rotatable bonds is 69. The molecule has 0 spiro atoms. The molecule has 0 aromatic carbocycles. The molecule has 0 saturated carbocycles. The highest BCUT2D eigenvalue weighted by Gasteiger charge is 2.18. The molecule has 0 heterocycles. The molecular weight excluding hydrogens is 983 g/mol. The van der Waals surface area contributed by atoms with Crippen LogP contribution in [0.15, 0.2) is 24.3 Å². The highest BCUT2D eigenvalue weighted by Crippen LogP contribution is 2.19. The molecule has 0 rings (SSSR count). The van der Waals surface area contributed by atoms with Crippen molar-refractivity contribution < 1.29 is 24.5 Å². The maximum Gasteiger partial charge on any atom is 0.305 e. The average Bonchev–Trinajstić information content (AvgIpc) is 3.46. The first kappa shape index (κ1) is 78.3. The molecule has 0 aliphatic heterocycles. The van der Waals surface area contributed by atoms with Gasteiger partial charge in [0.25, 0.3) is 0 Å². The predicted octanol–water partition coefficient (Wildman–Crippen LogP) is 23.7. The molecule has 6 heteroatoms. The SMILES string of the molecule is CCCCCCCC/C=C\CCCCCCCCCC(=O)OCCCCCCCCCCCCCCCCCCCCCCCCCCCCCCCC(=O)NC(CO)C(O)/C=C/CCCCCCCCCCCCCCCCC. The Bertz CT molecular complexity index is 1250. The predicted molar refractivity (Wildman–Crippen MR) is 352 cm³/mol. The zero-order valence-corrected chi connectivity index (χ0v) is 54.3. The lowest BCUT2D eigenvalue weighted by molar-refractivity contribution is -0.143. The van der Waals surface area contributed by atoms with E-state index in [9.17, 15) is 19.8 Å². The van der Waals surface area contributed by atoms with Gasteiger partial charge >= 0.3 is 5.97 Å². The van der Waals surface area contributed by atoms with Gasteiger partial charge in [0.1, 0.15) is 0 Å². The second-order valence-electron chi connectivity index (χ2n) is 25.3. The minimum atomic E-state index is -0.842. The summed E-state index contributed by atoms with van der Waals surface area (Å²) in [4.78, 5) is 24.6. The summed E-state index contributed by atoms with van der Waals surface area (Å²) in [7, 11) is 0. The van der Waals surface area contributed by atoms with Gasteiger partial charge in [-0.05, 0) is 57.8 Å². The van der Waals surface area contributed by atoms with Gasteiger partial charge in [-0.25, -0.2) is 0 Å². The van der Waals surface area contributed by atoms with E-state index in [0.29, 0.717) is 19.4 Å². The van der Waals surface area contributed by atoms with E-state index in [1.54, 1.807) is 6.08 Å². The topological polar surface area (TPSA) is 95.9 Å². The van der Waals surface area contributed by atoms with Gasteiger partial charge in [-0.3, -0.25) is 9.59 Å². The third-order valence-electron chi connectivity index (χ3n) is 17.2. The Morgan fingerprint density at radius 3 is 0.887 bits per heavy atom. The number of hydrogen-bond donors (Lipinski definition) is 3. The number of ether oxygens (including phenoxy) is 1. The molecule has 0 aromatic rings. The van der Waals surface area contributed by atoms with Crippen molar-refractivity contribution in [3.8, 4) is 0 Å². The molecular formula is C74H143NO5. The molecule has 80 heavy (non-hydrogen) atoms. The molecule has 3 N–H and O–H groups in total. The normalized spacial score (nSPS) is 12.6. The van der Waals surface area contributed by atoms with Crippen LogP contribution in [-0.2, 0) is 14.3 Å². The first-order valence-corrected chi connectivity index (χ1v) is 36.6. The Morgan fingerprint density at radius 1 is 0.338 bits per heavy atom. The van der Waals surface area contributed by atoms with Gasteiger partial charge in [0.15, 0.2) is 0 Å². The number of allylic oxidation sites excluding steroid dienone is 3. The largest absolute Gasteiger partial charge is 0.466 e. The molecule has 0 aliphatic carbocycles. The standard InChI is InChI=1S/C74H143NO5/c1-3-5-7-9-11-13-15-17-19-34-38-42-46-50-54-58-62-66-72(77)71(70-76)75-73(78)67-63-59-55-51-47-43-39-36-32-30-28-26-24-22-21-23-25-27-29-31-33-37-41-45-49-53-57-61-65-69-80-74(79)68-64-60-56-52-48-44-40-35-20-18-16-14-12-10-8-6-4-2/h18,20,62,66,71-72,76-77H,3-17,19,21-61,63-65,67-70H2,1-2H3,(H,75,78)/b20-18-,66-62+. The molecule has 0 fully saturated rings. The van der Waals surface area contributed by atoms with E-state index < -0.39 is 12.1 Å². The van der Waals surface area contributed by atoms with Crippen LogP contribution in [0.5, 0.6) is 0 Å². The zero-order valence-electron chi connectivity index (χ0n) is 54.3. The molecule has 0 bridgehead atoms. The van der Waals surface area contributed by atoms with Gasteiger partial charge in [0.05, 0.1) is 25.4 Å². The minimum absolute atomic E-state index is 0.0166. The van der Waals surface area contributed by atoms with Crippen molar-refractivity contribution in [2.75, 3.05) is 13.2 Å². The molecule has 6 nitrogen and oxygen atoms in total. The average molecular weight is 1130 g/mol. The summed E-state index contributed by atoms with van der Waals surface area (Å²) in [6, 6.07) is -0.625. The fraction of sp³-hybridized carbons (Fsp3) is 0.919. The smallest absolute Gasteiger partial charge is 0.305 e. The fourth-order valence-corrected chi connectivity index (χ4v) is 11.6. The number of aliphatic hydroxyl groups is 2. The Labute approximate surface area is 501 Å². The molecule has 474 valence electrons. The number of unbranched alkanes of at least 4 members (excludes halogenated alkanes) is 56. The fourth-order valence-electron chi connectivity index (χ4n) is 11.6. The number of nitrogens with one attached hydrogen (secondary N) is 1. The van der Waals surface area contributed by atoms with Crippen molar-refractivity contribution in [2.24, 2.45) is 0 Å². The maximum absolute atomic E-state index is 12.5. The molecule has 0 aromatic heterocycles. The quantitative estimate of drug-likeness (QED) is 0.0320. The van der Waals surface area contributed by atoms with Crippen molar-refractivity contribution >= 4 is 11.9 Å². The van der Waals surface area contributed by atoms with E-state index in [-0.39, 0.29) is 18.5 Å². The molecule has 0 radical (unpaired) electrons. The number of carbonyl (C=O) groups excluding carboxylic acids is 2. The van der Waals surface area contributed by atoms with Crippen LogP contribution in [-0.4, -0.2) is 47.4 Å². The Morgan fingerprint density at radius 2 is 0.588 bits per heavy atom. The van der Waals surface area contributed by atoms with Crippen molar-refractivity contribution in [1.29, 1.82) is 0 Å². The number of esters is 1. The Kier molecular flexibility index (Phi) is 68.4. The van der Waals surface area contributed by atoms with Crippen molar-refractivity contribution in [3.05, 3.63) is 24.3 Å². The lowest BCUT2D eigenvalue weighted by Gasteiger charge is -2.20. The van der Waals surface area contributed by atoms with E-state index >= 15 is 0 Å². The van der Waals surface area contributed by atoms with Gasteiger partial charge in [0, 0.05) is 12.8 Å². The van der Waals surface area contributed by atoms with Crippen LogP contribution in [0, 0.1) is 0 Å². The van der Waals surface area contributed by atoms with Gasteiger partial charge in [-0.2, -0.15) is 0 Å². The van der Waals surface area contributed by atoms with E-state index in [0.717, 1.165) is 44.9 Å². The van der Waals surface area contributed by atoms with E-state index in [2.05, 4.69) is 31.3 Å². The van der Waals surface area contributed by atoms with Crippen LogP contribution in [0.25, 0.3) is 0 Å². The molecule has 1 amide bonds. The lowest BCUT2D eigenvalue weighted by Crippen LogP contribution is -2.45. The van der Waals surface area contributed by atoms with Gasteiger partial charge in [0.2, 0.25) is 5.91 Å². The van der Waals surface area contributed by atoms with Gasteiger partial charge in [-0.1, -0.05) is 366 Å². The van der Waals surface area contributed by atoms with Crippen LogP contribution < -0.4 is 5.32 Å². The minimum Gasteiger partial charge on any atom is -0.466 e. The van der Waals surface area contributed by atoms with Gasteiger partial charge < -0.3 is 20.3 Å². The van der Waals surface area contributed by atoms with Gasteiger partial charge in [-0.15, -0.1) is 0 Å². The second-order valence-corrected chi connectivity index (χ2v) is 25.3. The first-order valence-electron chi connectivity index (χ1n) is 36.6. The number of aliphatic hydroxyl groups excluding tert-OH is 2. The van der Waals surface area contributed by atoms with Crippen LogP contribution in [0.3, 0.4) is 0 Å². The van der Waals surface area contributed by atoms with Crippen LogP contribution in [0.1, 0.15) is 412 Å². The summed E-state index contributed by atoms with van der Waals surface area (Å²) < 4.78 is 5.51. The summed E-state index contributed by atoms with van der Waals surface area (Å²) in [5, 5.41) is 23.2. The van der Waals surface area contributed by atoms with Crippen molar-refractivity contribution in [1.82, 2.24) is 5.32 Å². The Balaban J connectivity index is 3.34. The van der Waals surface area contributed by atoms with Crippen molar-refractivity contribution in [3.63, 3.8) is 0 Å². The Hall–Kier alpha value is -1.66. The summed E-state index contributed by atoms with van der Waals surface area (Å²) in [5.74, 6) is -0.0445. The maximum atomic E-state index is 12.5.